The fraction of sp³-hybridized carbons (Fsp3) is 0.500. The van der Waals surface area contributed by atoms with Gasteiger partial charge in [0.05, 0.1) is 5.54 Å². The van der Waals surface area contributed by atoms with Gasteiger partial charge in [-0.2, -0.15) is 5.26 Å². The maximum atomic E-state index is 13.5. The fourth-order valence-corrected chi connectivity index (χ4v) is 1.93. The Bertz CT molecular complexity index is 613. The van der Waals surface area contributed by atoms with Gasteiger partial charge in [0.1, 0.15) is 35.4 Å². The Morgan fingerprint density at radius 1 is 1.45 bits per heavy atom. The summed E-state index contributed by atoms with van der Waals surface area (Å²) in [7, 11) is 0. The Balaban J connectivity index is 1.96. The van der Waals surface area contributed by atoms with Crippen LogP contribution in [0.1, 0.15) is 39.2 Å². The third-order valence-electron chi connectivity index (χ3n) is 3.21. The van der Waals surface area contributed by atoms with Crippen LogP contribution >= 0.6 is 0 Å². The molecule has 1 aromatic carbocycles. The van der Waals surface area contributed by atoms with Crippen LogP contribution in [-0.2, 0) is 4.74 Å². The summed E-state index contributed by atoms with van der Waals surface area (Å²) in [5, 5.41) is 11.7. The highest BCUT2D eigenvalue weighted by atomic mass is 19.1. The van der Waals surface area contributed by atoms with Crippen LogP contribution in [0.15, 0.2) is 18.2 Å². The summed E-state index contributed by atoms with van der Waals surface area (Å²) in [4.78, 5) is 11.8. The normalized spacial score (nSPS) is 15.6. The molecular weight excluding hydrogens is 287 g/mol. The number of amides is 1. The zero-order chi connectivity index (χ0) is 16.4. The molecule has 0 aromatic heterocycles. The third kappa shape index (κ3) is 4.10. The van der Waals surface area contributed by atoms with E-state index >= 15 is 0 Å². The van der Waals surface area contributed by atoms with Crippen molar-refractivity contribution in [1.29, 1.82) is 5.26 Å². The van der Waals surface area contributed by atoms with Crippen molar-refractivity contribution in [3.8, 4) is 11.8 Å². The number of carbonyl (C=O) groups excluding carboxylic acids is 1. The molecule has 1 saturated carbocycles. The van der Waals surface area contributed by atoms with Gasteiger partial charge in [-0.1, -0.05) is 6.07 Å². The second kappa shape index (κ2) is 5.84. The Morgan fingerprint density at radius 3 is 2.68 bits per heavy atom. The number of rotatable bonds is 4. The van der Waals surface area contributed by atoms with Crippen LogP contribution in [0.3, 0.4) is 0 Å². The number of carbonyl (C=O) groups is 1. The smallest absolute Gasteiger partial charge is 0.408 e. The number of nitrogens with zero attached hydrogens (tertiary/aromatic N) is 1. The molecule has 0 aliphatic heterocycles. The average Bonchev–Trinajstić information content (AvgIpc) is 3.14. The molecule has 1 aliphatic carbocycles. The molecular formula is C16H19FN2O3. The van der Waals surface area contributed by atoms with Crippen LogP contribution in [0, 0.1) is 17.1 Å². The van der Waals surface area contributed by atoms with Crippen molar-refractivity contribution < 1.29 is 18.7 Å². The Morgan fingerprint density at radius 2 is 2.14 bits per heavy atom. The topological polar surface area (TPSA) is 71.3 Å². The molecule has 118 valence electrons. The number of ether oxygens (including phenoxy) is 2. The van der Waals surface area contributed by atoms with Crippen LogP contribution < -0.4 is 10.1 Å². The van der Waals surface area contributed by atoms with Crippen molar-refractivity contribution >= 4 is 6.09 Å². The van der Waals surface area contributed by atoms with E-state index in [0.29, 0.717) is 0 Å². The molecule has 0 radical (unpaired) electrons. The SMILES string of the molecule is CC(C)(C)OC(=O)NC1(COc2cccc(F)c2C#N)CC1. The van der Waals surface area contributed by atoms with E-state index in [1.807, 2.05) is 0 Å². The highest BCUT2D eigenvalue weighted by Crippen LogP contribution is 2.36. The molecule has 1 aliphatic rings. The molecule has 0 atom stereocenters. The molecule has 1 N–H and O–H groups in total. The van der Waals surface area contributed by atoms with Crippen molar-refractivity contribution in [2.24, 2.45) is 0 Å². The molecule has 0 spiro atoms. The molecule has 0 heterocycles. The largest absolute Gasteiger partial charge is 0.490 e. The number of hydrogen-bond donors (Lipinski definition) is 1. The van der Waals surface area contributed by atoms with Crippen LogP contribution in [0.2, 0.25) is 0 Å². The van der Waals surface area contributed by atoms with Gasteiger partial charge in [0.2, 0.25) is 0 Å². The molecule has 1 fully saturated rings. The third-order valence-corrected chi connectivity index (χ3v) is 3.21. The molecule has 6 heteroatoms. The summed E-state index contributed by atoms with van der Waals surface area (Å²) in [6.45, 7) is 5.53. The van der Waals surface area contributed by atoms with Crippen LogP contribution in [0.5, 0.6) is 5.75 Å². The lowest BCUT2D eigenvalue weighted by Gasteiger charge is -2.23. The van der Waals surface area contributed by atoms with E-state index in [0.717, 1.165) is 12.8 Å². The van der Waals surface area contributed by atoms with Crippen LogP contribution in [-0.4, -0.2) is 23.8 Å². The highest BCUT2D eigenvalue weighted by Gasteiger charge is 2.46. The van der Waals surface area contributed by atoms with E-state index in [9.17, 15) is 9.18 Å². The van der Waals surface area contributed by atoms with Gasteiger partial charge in [0.25, 0.3) is 0 Å². The summed E-state index contributed by atoms with van der Waals surface area (Å²) < 4.78 is 24.2. The van der Waals surface area contributed by atoms with Gasteiger partial charge >= 0.3 is 6.09 Å². The minimum Gasteiger partial charge on any atom is -0.490 e. The maximum absolute atomic E-state index is 13.5. The van der Waals surface area contributed by atoms with E-state index in [2.05, 4.69) is 5.32 Å². The van der Waals surface area contributed by atoms with E-state index in [4.69, 9.17) is 14.7 Å². The first kappa shape index (κ1) is 16.1. The van der Waals surface area contributed by atoms with Gasteiger partial charge in [0, 0.05) is 0 Å². The standard InChI is InChI=1S/C16H19FN2O3/c1-15(2,3)22-14(20)19-16(7-8-16)10-21-13-6-4-5-12(17)11(13)9-18/h4-6H,7-8,10H2,1-3H3,(H,19,20). The quantitative estimate of drug-likeness (QED) is 0.927. The van der Waals surface area contributed by atoms with Gasteiger partial charge in [-0.25, -0.2) is 9.18 Å². The van der Waals surface area contributed by atoms with Crippen molar-refractivity contribution in [2.75, 3.05) is 6.61 Å². The number of benzene rings is 1. The lowest BCUT2D eigenvalue weighted by Crippen LogP contribution is -2.44. The second-order valence-corrected chi connectivity index (χ2v) is 6.42. The van der Waals surface area contributed by atoms with Gasteiger partial charge in [-0.3, -0.25) is 0 Å². The zero-order valence-electron chi connectivity index (χ0n) is 12.9. The lowest BCUT2D eigenvalue weighted by atomic mass is 10.2. The zero-order valence-corrected chi connectivity index (χ0v) is 12.9. The van der Waals surface area contributed by atoms with E-state index in [1.54, 1.807) is 26.8 Å². The maximum Gasteiger partial charge on any atom is 0.408 e. The number of hydrogen-bond acceptors (Lipinski definition) is 4. The fourth-order valence-electron chi connectivity index (χ4n) is 1.93. The molecule has 2 rings (SSSR count). The molecule has 1 amide bonds. The molecule has 0 bridgehead atoms. The first-order valence-electron chi connectivity index (χ1n) is 7.07. The van der Waals surface area contributed by atoms with Crippen molar-refractivity contribution in [1.82, 2.24) is 5.32 Å². The summed E-state index contributed by atoms with van der Waals surface area (Å²) in [6, 6.07) is 6.00. The van der Waals surface area contributed by atoms with Gasteiger partial charge in [-0.15, -0.1) is 0 Å². The molecule has 0 unspecified atom stereocenters. The lowest BCUT2D eigenvalue weighted by molar-refractivity contribution is 0.0477. The summed E-state index contributed by atoms with van der Waals surface area (Å²) in [6.07, 6.45) is 1.00. The number of nitriles is 1. The Labute approximate surface area is 129 Å². The van der Waals surface area contributed by atoms with E-state index in [1.165, 1.54) is 18.2 Å². The number of alkyl carbamates (subject to hydrolysis) is 1. The second-order valence-electron chi connectivity index (χ2n) is 6.42. The molecule has 22 heavy (non-hydrogen) atoms. The van der Waals surface area contributed by atoms with Crippen molar-refractivity contribution in [2.45, 2.75) is 44.8 Å². The number of halogens is 1. The van der Waals surface area contributed by atoms with Crippen molar-refractivity contribution in [3.05, 3.63) is 29.6 Å². The van der Waals surface area contributed by atoms with Gasteiger partial charge < -0.3 is 14.8 Å². The molecule has 0 saturated heterocycles. The minimum atomic E-state index is -0.620. The average molecular weight is 306 g/mol. The molecule has 5 nitrogen and oxygen atoms in total. The summed E-state index contributed by atoms with van der Waals surface area (Å²) >= 11 is 0. The van der Waals surface area contributed by atoms with Crippen LogP contribution in [0.25, 0.3) is 0 Å². The summed E-state index contributed by atoms with van der Waals surface area (Å²) in [5.41, 5.74) is -1.20. The first-order chi connectivity index (χ1) is 10.2. The predicted molar refractivity (Wildman–Crippen MR) is 77.9 cm³/mol. The molecule has 1 aromatic rings. The summed E-state index contributed by atoms with van der Waals surface area (Å²) in [5.74, 6) is -0.440. The Hall–Kier alpha value is -2.29. The predicted octanol–water partition coefficient (Wildman–Crippen LogP) is 3.13. The highest BCUT2D eigenvalue weighted by molar-refractivity contribution is 5.69. The number of nitrogens with one attached hydrogen (secondary N) is 1. The first-order valence-corrected chi connectivity index (χ1v) is 7.07. The van der Waals surface area contributed by atoms with Gasteiger partial charge in [0.15, 0.2) is 0 Å². The van der Waals surface area contributed by atoms with Crippen LogP contribution in [0.4, 0.5) is 9.18 Å². The van der Waals surface area contributed by atoms with Crippen molar-refractivity contribution in [3.63, 3.8) is 0 Å². The van der Waals surface area contributed by atoms with Gasteiger partial charge in [-0.05, 0) is 45.7 Å². The van der Waals surface area contributed by atoms with E-state index < -0.39 is 23.1 Å². The monoisotopic (exact) mass is 306 g/mol. The minimum absolute atomic E-state index is 0.129. The van der Waals surface area contributed by atoms with E-state index in [-0.39, 0.29) is 17.9 Å². The Kier molecular flexibility index (Phi) is 4.27.